The van der Waals surface area contributed by atoms with Crippen LogP contribution in [0.3, 0.4) is 0 Å². The summed E-state index contributed by atoms with van der Waals surface area (Å²) in [5.74, 6) is -2.63. The van der Waals surface area contributed by atoms with Gasteiger partial charge in [0.05, 0.1) is 29.8 Å². The Bertz CT molecular complexity index is 687. The van der Waals surface area contributed by atoms with Gasteiger partial charge < -0.3 is 25.0 Å². The predicted molar refractivity (Wildman–Crippen MR) is 83.5 cm³/mol. The molecule has 1 fully saturated rings. The summed E-state index contributed by atoms with van der Waals surface area (Å²) in [7, 11) is 1.44. The van der Waals surface area contributed by atoms with Crippen LogP contribution < -0.4 is 0 Å². The number of likely N-dealkylation sites (N-methyl/N-ethyl adjacent to an activating group) is 1. The zero-order valence-corrected chi connectivity index (χ0v) is 13.7. The lowest BCUT2D eigenvalue weighted by Gasteiger charge is -2.32. The SMILES string of the molecule is CN(CC(=O)N1CCCC(C(=O)O)C1)C(=O)Cn1ccc([N+](=O)[O-])n1. The smallest absolute Gasteiger partial charge is 0.389 e. The molecule has 0 radical (unpaired) electrons. The molecular weight excluding hydrogens is 334 g/mol. The molecule has 0 aliphatic carbocycles. The summed E-state index contributed by atoms with van der Waals surface area (Å²) in [6.07, 6.45) is 2.46. The van der Waals surface area contributed by atoms with Crippen molar-refractivity contribution < 1.29 is 24.4 Å². The molecule has 1 saturated heterocycles. The number of hydrogen-bond acceptors (Lipinski definition) is 6. The van der Waals surface area contributed by atoms with Crippen LogP contribution in [0.2, 0.25) is 0 Å². The Labute approximate surface area is 142 Å². The highest BCUT2D eigenvalue weighted by Gasteiger charge is 2.29. The molecule has 1 aromatic heterocycles. The number of aliphatic carboxylic acids is 1. The van der Waals surface area contributed by atoms with Crippen LogP contribution in [0.4, 0.5) is 5.82 Å². The maximum absolute atomic E-state index is 12.3. The van der Waals surface area contributed by atoms with Gasteiger partial charge in [0.1, 0.15) is 6.54 Å². The fraction of sp³-hybridized carbons (Fsp3) is 0.571. The molecule has 25 heavy (non-hydrogen) atoms. The van der Waals surface area contributed by atoms with E-state index in [0.29, 0.717) is 19.4 Å². The molecule has 1 atom stereocenters. The van der Waals surface area contributed by atoms with Gasteiger partial charge in [0.15, 0.2) is 0 Å². The summed E-state index contributed by atoms with van der Waals surface area (Å²) in [4.78, 5) is 48.0. The van der Waals surface area contributed by atoms with Gasteiger partial charge >= 0.3 is 11.8 Å². The van der Waals surface area contributed by atoms with Crippen LogP contribution in [-0.2, 0) is 20.9 Å². The van der Waals surface area contributed by atoms with E-state index in [1.54, 1.807) is 0 Å². The van der Waals surface area contributed by atoms with Crippen molar-refractivity contribution in [1.29, 1.82) is 0 Å². The molecule has 0 bridgehead atoms. The number of carbonyl (C=O) groups is 3. The quantitative estimate of drug-likeness (QED) is 0.541. The Morgan fingerprint density at radius 2 is 2.20 bits per heavy atom. The summed E-state index contributed by atoms with van der Waals surface area (Å²) in [6.45, 7) is 0.196. The first-order valence-electron chi connectivity index (χ1n) is 7.70. The lowest BCUT2D eigenvalue weighted by Crippen LogP contribution is -2.47. The van der Waals surface area contributed by atoms with E-state index in [2.05, 4.69) is 5.10 Å². The third-order valence-corrected chi connectivity index (χ3v) is 4.03. The highest BCUT2D eigenvalue weighted by Crippen LogP contribution is 2.16. The van der Waals surface area contributed by atoms with Crippen molar-refractivity contribution in [2.24, 2.45) is 5.92 Å². The Morgan fingerprint density at radius 1 is 1.48 bits per heavy atom. The Morgan fingerprint density at radius 3 is 2.80 bits per heavy atom. The number of carboxylic acid groups (broad SMARTS) is 1. The van der Waals surface area contributed by atoms with Crippen LogP contribution in [0.15, 0.2) is 12.3 Å². The van der Waals surface area contributed by atoms with Crippen LogP contribution in [-0.4, -0.2) is 74.1 Å². The molecule has 1 unspecified atom stereocenters. The lowest BCUT2D eigenvalue weighted by atomic mass is 9.98. The molecule has 2 rings (SSSR count). The van der Waals surface area contributed by atoms with Gasteiger partial charge in [0, 0.05) is 20.1 Å². The molecular formula is C14H19N5O6. The second-order valence-electron chi connectivity index (χ2n) is 5.90. The summed E-state index contributed by atoms with van der Waals surface area (Å²) in [5, 5.41) is 23.3. The van der Waals surface area contributed by atoms with E-state index in [9.17, 15) is 24.5 Å². The monoisotopic (exact) mass is 353 g/mol. The average Bonchev–Trinajstić information content (AvgIpc) is 3.03. The van der Waals surface area contributed by atoms with Crippen molar-refractivity contribution in [3.63, 3.8) is 0 Å². The number of carbonyl (C=O) groups excluding carboxylic acids is 2. The lowest BCUT2D eigenvalue weighted by molar-refractivity contribution is -0.389. The second-order valence-corrected chi connectivity index (χ2v) is 5.90. The number of likely N-dealkylation sites (tertiary alicyclic amines) is 1. The number of piperidine rings is 1. The van der Waals surface area contributed by atoms with Gasteiger partial charge in [-0.2, -0.15) is 4.68 Å². The van der Waals surface area contributed by atoms with E-state index >= 15 is 0 Å². The first-order chi connectivity index (χ1) is 11.8. The molecule has 2 amide bonds. The van der Waals surface area contributed by atoms with Gasteiger partial charge in [-0.1, -0.05) is 0 Å². The molecule has 0 spiro atoms. The third-order valence-electron chi connectivity index (χ3n) is 4.03. The number of rotatable bonds is 6. The molecule has 1 aliphatic heterocycles. The van der Waals surface area contributed by atoms with Crippen LogP contribution >= 0.6 is 0 Å². The van der Waals surface area contributed by atoms with Crippen molar-refractivity contribution in [1.82, 2.24) is 19.6 Å². The van der Waals surface area contributed by atoms with Crippen LogP contribution in [0.25, 0.3) is 0 Å². The van der Waals surface area contributed by atoms with E-state index in [1.807, 2.05) is 0 Å². The molecule has 2 heterocycles. The average molecular weight is 353 g/mol. The number of aromatic nitrogens is 2. The minimum absolute atomic E-state index is 0.140. The molecule has 1 aromatic rings. The predicted octanol–water partition coefficient (Wildman–Crippen LogP) is -0.427. The standard InChI is InChI=1S/C14H19N5O6/c1-16(12(20)9-18-6-4-11(15-18)19(24)25)8-13(21)17-5-2-3-10(7-17)14(22)23/h4,6,10H,2-3,5,7-9H2,1H3,(H,22,23). The Hall–Kier alpha value is -2.98. The van der Waals surface area contributed by atoms with Crippen molar-refractivity contribution in [2.75, 3.05) is 26.7 Å². The first-order valence-corrected chi connectivity index (χ1v) is 7.70. The van der Waals surface area contributed by atoms with Crippen LogP contribution in [0.5, 0.6) is 0 Å². The van der Waals surface area contributed by atoms with Gasteiger partial charge in [-0.3, -0.25) is 14.4 Å². The molecule has 0 aromatic carbocycles. The second kappa shape index (κ2) is 7.73. The van der Waals surface area contributed by atoms with E-state index in [0.717, 1.165) is 4.68 Å². The largest absolute Gasteiger partial charge is 0.481 e. The van der Waals surface area contributed by atoms with E-state index in [-0.39, 0.29) is 31.4 Å². The molecule has 11 nitrogen and oxygen atoms in total. The van der Waals surface area contributed by atoms with Crippen molar-refractivity contribution >= 4 is 23.6 Å². The first kappa shape index (κ1) is 18.4. The highest BCUT2D eigenvalue weighted by atomic mass is 16.6. The number of hydrogen-bond donors (Lipinski definition) is 1. The van der Waals surface area contributed by atoms with E-state index in [1.165, 1.54) is 29.1 Å². The van der Waals surface area contributed by atoms with Crippen molar-refractivity contribution in [3.8, 4) is 0 Å². The number of nitrogens with zero attached hydrogens (tertiary/aromatic N) is 5. The molecule has 1 aliphatic rings. The molecule has 136 valence electrons. The Balaban J connectivity index is 1.88. The summed E-state index contributed by atoms with van der Waals surface area (Å²) in [6, 6.07) is 1.18. The zero-order valence-electron chi connectivity index (χ0n) is 13.7. The normalized spacial score (nSPS) is 17.2. The Kier molecular flexibility index (Phi) is 5.67. The van der Waals surface area contributed by atoms with Crippen LogP contribution in [0, 0.1) is 16.0 Å². The van der Waals surface area contributed by atoms with Crippen molar-refractivity contribution in [2.45, 2.75) is 19.4 Å². The van der Waals surface area contributed by atoms with Crippen molar-refractivity contribution in [3.05, 3.63) is 22.4 Å². The maximum atomic E-state index is 12.3. The summed E-state index contributed by atoms with van der Waals surface area (Å²) in [5.41, 5.74) is 0. The zero-order chi connectivity index (χ0) is 18.6. The fourth-order valence-electron chi connectivity index (χ4n) is 2.59. The highest BCUT2D eigenvalue weighted by molar-refractivity contribution is 5.85. The molecule has 1 N–H and O–H groups in total. The fourth-order valence-corrected chi connectivity index (χ4v) is 2.59. The van der Waals surface area contributed by atoms with Gasteiger partial charge in [0.25, 0.3) is 0 Å². The van der Waals surface area contributed by atoms with Gasteiger partial charge in [-0.05, 0) is 17.8 Å². The van der Waals surface area contributed by atoms with Gasteiger partial charge in [-0.15, -0.1) is 0 Å². The van der Waals surface area contributed by atoms with E-state index in [4.69, 9.17) is 5.11 Å². The number of nitro groups is 1. The molecule has 0 saturated carbocycles. The van der Waals surface area contributed by atoms with Gasteiger partial charge in [-0.25, -0.2) is 0 Å². The summed E-state index contributed by atoms with van der Waals surface area (Å²) >= 11 is 0. The summed E-state index contributed by atoms with van der Waals surface area (Å²) < 4.78 is 1.13. The molecule has 11 heteroatoms. The number of amides is 2. The van der Waals surface area contributed by atoms with E-state index < -0.39 is 22.7 Å². The van der Waals surface area contributed by atoms with Gasteiger partial charge in [0.2, 0.25) is 11.8 Å². The van der Waals surface area contributed by atoms with Crippen LogP contribution in [0.1, 0.15) is 12.8 Å². The number of carboxylic acids is 1. The topological polar surface area (TPSA) is 139 Å². The minimum Gasteiger partial charge on any atom is -0.481 e. The maximum Gasteiger partial charge on any atom is 0.389 e. The minimum atomic E-state index is -0.929. The third kappa shape index (κ3) is 4.75.